The van der Waals surface area contributed by atoms with Crippen LogP contribution in [0.15, 0.2) is 43.2 Å². The van der Waals surface area contributed by atoms with Crippen molar-refractivity contribution in [2.45, 2.75) is 37.8 Å². The second-order valence-corrected chi connectivity index (χ2v) is 8.52. The van der Waals surface area contributed by atoms with Crippen molar-refractivity contribution in [1.29, 1.82) is 0 Å². The van der Waals surface area contributed by atoms with E-state index in [1.807, 2.05) is 33.7 Å². The molecule has 1 atom stereocenters. The fourth-order valence-electron chi connectivity index (χ4n) is 4.53. The molecule has 1 saturated carbocycles. The Morgan fingerprint density at radius 2 is 1.90 bits per heavy atom. The lowest BCUT2D eigenvalue weighted by Gasteiger charge is -2.22. The fourth-order valence-corrected chi connectivity index (χ4v) is 4.53. The largest absolute Gasteiger partial charge is 0.381 e. The molecule has 1 unspecified atom stereocenters. The van der Waals surface area contributed by atoms with Crippen molar-refractivity contribution < 1.29 is 4.74 Å². The maximum absolute atomic E-state index is 6.02. The van der Waals surface area contributed by atoms with Crippen molar-refractivity contribution in [2.24, 2.45) is 11.7 Å². The molecule has 5 heterocycles. The summed E-state index contributed by atoms with van der Waals surface area (Å²) in [5.74, 6) is 1.46. The van der Waals surface area contributed by atoms with Crippen LogP contribution in [0.1, 0.15) is 37.8 Å². The second kappa shape index (κ2) is 7.58. The molecule has 9 heteroatoms. The van der Waals surface area contributed by atoms with Crippen LogP contribution >= 0.6 is 0 Å². The highest BCUT2D eigenvalue weighted by atomic mass is 16.5. The van der Waals surface area contributed by atoms with Gasteiger partial charge in [-0.1, -0.05) is 0 Å². The summed E-state index contributed by atoms with van der Waals surface area (Å²) < 4.78 is 11.5. The van der Waals surface area contributed by atoms with Crippen molar-refractivity contribution in [3.05, 3.63) is 43.2 Å². The Bertz CT molecular complexity index is 1200. The van der Waals surface area contributed by atoms with Crippen molar-refractivity contribution in [2.75, 3.05) is 19.8 Å². The van der Waals surface area contributed by atoms with Crippen LogP contribution in [0.2, 0.25) is 0 Å². The van der Waals surface area contributed by atoms with Crippen molar-refractivity contribution in [1.82, 2.24) is 33.9 Å². The highest BCUT2D eigenvalue weighted by Gasteiger charge is 2.32. The lowest BCUT2D eigenvalue weighted by Crippen LogP contribution is -2.21. The molecular weight excluding hydrogens is 392 g/mol. The number of imidazole rings is 1. The van der Waals surface area contributed by atoms with E-state index in [4.69, 9.17) is 15.5 Å². The van der Waals surface area contributed by atoms with E-state index >= 15 is 0 Å². The van der Waals surface area contributed by atoms with Gasteiger partial charge in [0.05, 0.1) is 35.7 Å². The minimum atomic E-state index is 0.257. The molecular formula is C22H26N8O. The monoisotopic (exact) mass is 418 g/mol. The topological polar surface area (TPSA) is 101 Å². The third-order valence-corrected chi connectivity index (χ3v) is 6.46. The van der Waals surface area contributed by atoms with E-state index in [1.165, 1.54) is 12.8 Å². The zero-order chi connectivity index (χ0) is 20.8. The molecule has 1 aliphatic carbocycles. The van der Waals surface area contributed by atoms with Crippen LogP contribution in [0.4, 0.5) is 0 Å². The summed E-state index contributed by atoms with van der Waals surface area (Å²) in [7, 11) is 0. The number of fused-ring (bicyclic) bond motifs is 1. The van der Waals surface area contributed by atoms with Gasteiger partial charge in [0.1, 0.15) is 11.5 Å². The number of nitrogens with two attached hydrogens (primary N) is 1. The molecule has 2 N–H and O–H groups in total. The molecule has 160 valence electrons. The molecule has 0 radical (unpaired) electrons. The molecule has 0 bridgehead atoms. The maximum Gasteiger partial charge on any atom is 0.149 e. The third kappa shape index (κ3) is 3.43. The molecule has 0 spiro atoms. The number of ether oxygens (including phenoxy) is 1. The Balaban J connectivity index is 1.37. The first-order valence-electron chi connectivity index (χ1n) is 11.0. The minimum Gasteiger partial charge on any atom is -0.381 e. The molecule has 0 aromatic carbocycles. The Hall–Kier alpha value is -3.04. The first kappa shape index (κ1) is 18.7. The smallest absolute Gasteiger partial charge is 0.149 e. The highest BCUT2D eigenvalue weighted by Crippen LogP contribution is 2.39. The van der Waals surface area contributed by atoms with Gasteiger partial charge in [-0.2, -0.15) is 10.2 Å². The number of rotatable bonds is 6. The van der Waals surface area contributed by atoms with Gasteiger partial charge in [-0.15, -0.1) is 0 Å². The molecule has 0 amide bonds. The van der Waals surface area contributed by atoms with Crippen molar-refractivity contribution in [3.8, 4) is 22.6 Å². The molecule has 4 aromatic heterocycles. The molecule has 1 aliphatic heterocycles. The predicted octanol–water partition coefficient (Wildman–Crippen LogP) is 2.72. The fraction of sp³-hybridized carbons (Fsp3) is 0.455. The lowest BCUT2D eigenvalue weighted by molar-refractivity contribution is 0.0662. The van der Waals surface area contributed by atoms with Crippen LogP contribution in [0, 0.1) is 5.92 Å². The third-order valence-electron chi connectivity index (χ3n) is 6.46. The van der Waals surface area contributed by atoms with Gasteiger partial charge in [0.2, 0.25) is 0 Å². The zero-order valence-electron chi connectivity index (χ0n) is 17.3. The molecule has 4 aromatic rings. The van der Waals surface area contributed by atoms with Crippen LogP contribution in [0.5, 0.6) is 0 Å². The van der Waals surface area contributed by atoms with Crippen molar-refractivity contribution in [3.63, 3.8) is 0 Å². The van der Waals surface area contributed by atoms with Crippen LogP contribution < -0.4 is 5.73 Å². The summed E-state index contributed by atoms with van der Waals surface area (Å²) in [4.78, 5) is 9.51. The molecule has 2 fully saturated rings. The average Bonchev–Trinajstić information content (AvgIpc) is 3.22. The normalized spacial score (nSPS) is 18.6. The van der Waals surface area contributed by atoms with E-state index in [1.54, 1.807) is 6.20 Å². The number of hydrogen-bond donors (Lipinski definition) is 1. The summed E-state index contributed by atoms with van der Waals surface area (Å²) in [6, 6.07) is 2.64. The molecule has 1 saturated heterocycles. The quantitative estimate of drug-likeness (QED) is 0.517. The second-order valence-electron chi connectivity index (χ2n) is 8.52. The Kier molecular flexibility index (Phi) is 4.57. The Morgan fingerprint density at radius 3 is 2.71 bits per heavy atom. The van der Waals surface area contributed by atoms with Gasteiger partial charge in [0.25, 0.3) is 0 Å². The molecule has 6 rings (SSSR count). The summed E-state index contributed by atoms with van der Waals surface area (Å²) in [6.07, 6.45) is 16.1. The molecule has 31 heavy (non-hydrogen) atoms. The van der Waals surface area contributed by atoms with E-state index in [2.05, 4.69) is 32.3 Å². The van der Waals surface area contributed by atoms with E-state index in [9.17, 15) is 0 Å². The van der Waals surface area contributed by atoms with Crippen LogP contribution in [0.25, 0.3) is 28.3 Å². The van der Waals surface area contributed by atoms with Crippen LogP contribution in [0.3, 0.4) is 0 Å². The average molecular weight is 419 g/mol. The highest BCUT2D eigenvalue weighted by molar-refractivity contribution is 5.68. The van der Waals surface area contributed by atoms with Crippen LogP contribution in [-0.4, -0.2) is 53.7 Å². The van der Waals surface area contributed by atoms with Gasteiger partial charge in [0, 0.05) is 56.2 Å². The van der Waals surface area contributed by atoms with Crippen LogP contribution in [-0.2, 0) is 4.74 Å². The first-order valence-corrected chi connectivity index (χ1v) is 11.0. The van der Waals surface area contributed by atoms with Gasteiger partial charge >= 0.3 is 0 Å². The molecule has 2 aliphatic rings. The minimum absolute atomic E-state index is 0.257. The standard InChI is InChI=1S/C22H26N8O/c23-10-20(15-1-2-15)30-14-17(12-26-30)22-27-19(9-21-24-5-6-28(21)22)16-11-25-29(13-16)18-3-7-31-8-4-18/h5-6,9,11-15,18,20H,1-4,7-8,10,23H2. The maximum atomic E-state index is 6.02. The van der Waals surface area contributed by atoms with E-state index < -0.39 is 0 Å². The summed E-state index contributed by atoms with van der Waals surface area (Å²) in [5.41, 5.74) is 9.68. The summed E-state index contributed by atoms with van der Waals surface area (Å²) >= 11 is 0. The Morgan fingerprint density at radius 1 is 1.06 bits per heavy atom. The van der Waals surface area contributed by atoms with E-state index in [0.717, 1.165) is 54.3 Å². The van der Waals surface area contributed by atoms with Gasteiger partial charge in [-0.3, -0.25) is 13.8 Å². The van der Waals surface area contributed by atoms with Gasteiger partial charge in [0.15, 0.2) is 0 Å². The summed E-state index contributed by atoms with van der Waals surface area (Å²) in [5, 5.41) is 9.23. The first-order chi connectivity index (χ1) is 15.3. The number of nitrogens with zero attached hydrogens (tertiary/aromatic N) is 7. The van der Waals surface area contributed by atoms with E-state index in [0.29, 0.717) is 18.5 Å². The molecule has 9 nitrogen and oxygen atoms in total. The Labute approximate surface area is 179 Å². The zero-order valence-corrected chi connectivity index (χ0v) is 17.3. The number of hydrogen-bond acceptors (Lipinski definition) is 6. The summed E-state index contributed by atoms with van der Waals surface area (Å²) in [6.45, 7) is 2.18. The number of aromatic nitrogens is 7. The SMILES string of the molecule is NCC(C1CC1)n1cc(-c2nc(-c3cnn(C4CCOCC4)c3)cc3nccn23)cn1. The lowest BCUT2D eigenvalue weighted by atomic mass is 10.1. The van der Waals surface area contributed by atoms with Gasteiger partial charge in [-0.25, -0.2) is 9.97 Å². The van der Waals surface area contributed by atoms with Crippen molar-refractivity contribution >= 4 is 5.65 Å². The van der Waals surface area contributed by atoms with Gasteiger partial charge in [-0.05, 0) is 31.6 Å². The predicted molar refractivity (Wildman–Crippen MR) is 115 cm³/mol. The van der Waals surface area contributed by atoms with E-state index in [-0.39, 0.29) is 6.04 Å². The van der Waals surface area contributed by atoms with Gasteiger partial charge < -0.3 is 10.5 Å².